The molecule has 6 nitrogen and oxygen atoms in total. The van der Waals surface area contributed by atoms with Crippen molar-refractivity contribution in [1.29, 1.82) is 0 Å². The van der Waals surface area contributed by atoms with Gasteiger partial charge in [0.2, 0.25) is 0 Å². The number of pyridine rings is 1. The van der Waals surface area contributed by atoms with E-state index < -0.39 is 5.60 Å². The van der Waals surface area contributed by atoms with E-state index in [1.54, 1.807) is 12.4 Å². The molecule has 1 fully saturated rings. The van der Waals surface area contributed by atoms with Crippen molar-refractivity contribution in [3.63, 3.8) is 0 Å². The van der Waals surface area contributed by atoms with E-state index in [0.717, 1.165) is 18.5 Å². The van der Waals surface area contributed by atoms with Crippen LogP contribution < -0.4 is 5.32 Å². The summed E-state index contributed by atoms with van der Waals surface area (Å²) < 4.78 is 5.21. The Bertz CT molecular complexity index is 535. The second kappa shape index (κ2) is 5.07. The predicted molar refractivity (Wildman–Crippen MR) is 67.3 cm³/mol. The van der Waals surface area contributed by atoms with Crippen LogP contribution in [0.2, 0.25) is 0 Å². The van der Waals surface area contributed by atoms with E-state index in [1.807, 2.05) is 12.1 Å². The molecule has 0 amide bonds. The molecule has 1 atom stereocenters. The van der Waals surface area contributed by atoms with Gasteiger partial charge in [-0.3, -0.25) is 4.98 Å². The minimum atomic E-state index is -1.03. The predicted octanol–water partition coefficient (Wildman–Crippen LogP) is 0.626. The first-order valence-electron chi connectivity index (χ1n) is 6.41. The van der Waals surface area contributed by atoms with Gasteiger partial charge in [-0.15, -0.1) is 0 Å². The van der Waals surface area contributed by atoms with E-state index in [-0.39, 0.29) is 0 Å². The minimum Gasteiger partial charge on any atom is -0.379 e. The molecule has 0 saturated carbocycles. The van der Waals surface area contributed by atoms with Crippen LogP contribution in [0.5, 0.6) is 0 Å². The minimum absolute atomic E-state index is 0.309. The Hall–Kier alpha value is -1.79. The number of rotatable bonds is 3. The standard InChI is InChI=1S/C13H16N4O2/c18-13(4-1-5-15-9-13)12-16-11(17-19-12)8-10-2-6-14-7-3-10/h2-3,6-7,15,18H,1,4-5,8-9H2. The first kappa shape index (κ1) is 12.3. The highest BCUT2D eigenvalue weighted by molar-refractivity contribution is 5.15. The SMILES string of the molecule is OC1(c2nc(Cc3ccncc3)no2)CCCNC1. The summed E-state index contributed by atoms with van der Waals surface area (Å²) in [6.45, 7) is 1.38. The number of nitrogens with one attached hydrogen (secondary N) is 1. The molecule has 0 spiro atoms. The van der Waals surface area contributed by atoms with Crippen molar-refractivity contribution >= 4 is 0 Å². The topological polar surface area (TPSA) is 84.1 Å². The van der Waals surface area contributed by atoms with Gasteiger partial charge < -0.3 is 14.9 Å². The van der Waals surface area contributed by atoms with Gasteiger partial charge in [0.05, 0.1) is 0 Å². The maximum atomic E-state index is 10.5. The third kappa shape index (κ3) is 2.64. The van der Waals surface area contributed by atoms with Gasteiger partial charge in [-0.1, -0.05) is 5.16 Å². The molecule has 0 bridgehead atoms. The quantitative estimate of drug-likeness (QED) is 0.842. The summed E-state index contributed by atoms with van der Waals surface area (Å²) >= 11 is 0. The van der Waals surface area contributed by atoms with Crippen LogP contribution in [-0.2, 0) is 12.0 Å². The van der Waals surface area contributed by atoms with Gasteiger partial charge in [0.1, 0.15) is 0 Å². The highest BCUT2D eigenvalue weighted by Gasteiger charge is 2.36. The summed E-state index contributed by atoms with van der Waals surface area (Å²) in [6, 6.07) is 3.82. The fourth-order valence-electron chi connectivity index (χ4n) is 2.27. The number of β-amino-alcohol motifs (C(OH)–C–C–N with tert-alkyl or cyclic N) is 1. The van der Waals surface area contributed by atoms with Crippen molar-refractivity contribution in [2.75, 3.05) is 13.1 Å². The summed E-state index contributed by atoms with van der Waals surface area (Å²) in [5.74, 6) is 0.893. The number of hydrogen-bond donors (Lipinski definition) is 2. The number of nitrogens with zero attached hydrogens (tertiary/aromatic N) is 3. The fraction of sp³-hybridized carbons (Fsp3) is 0.462. The van der Waals surface area contributed by atoms with Crippen LogP contribution in [0.3, 0.4) is 0 Å². The number of aliphatic hydroxyl groups is 1. The molecule has 19 heavy (non-hydrogen) atoms. The Morgan fingerprint density at radius 1 is 1.37 bits per heavy atom. The Morgan fingerprint density at radius 3 is 2.95 bits per heavy atom. The van der Waals surface area contributed by atoms with E-state index in [4.69, 9.17) is 4.52 Å². The van der Waals surface area contributed by atoms with E-state index in [0.29, 0.717) is 31.1 Å². The summed E-state index contributed by atoms with van der Waals surface area (Å²) in [4.78, 5) is 8.28. The molecule has 3 heterocycles. The van der Waals surface area contributed by atoms with Crippen molar-refractivity contribution in [3.8, 4) is 0 Å². The summed E-state index contributed by atoms with van der Waals surface area (Å²) in [6.07, 6.45) is 5.59. The van der Waals surface area contributed by atoms with Gasteiger partial charge in [0.15, 0.2) is 11.4 Å². The van der Waals surface area contributed by atoms with E-state index >= 15 is 0 Å². The molecule has 3 rings (SSSR count). The molecule has 1 saturated heterocycles. The normalized spacial score (nSPS) is 23.4. The Morgan fingerprint density at radius 2 is 2.21 bits per heavy atom. The highest BCUT2D eigenvalue weighted by atomic mass is 16.5. The summed E-state index contributed by atoms with van der Waals surface area (Å²) in [7, 11) is 0. The third-order valence-corrected chi connectivity index (χ3v) is 3.34. The number of hydrogen-bond acceptors (Lipinski definition) is 6. The molecule has 6 heteroatoms. The molecule has 2 aromatic heterocycles. The van der Waals surface area contributed by atoms with Gasteiger partial charge in [-0.05, 0) is 37.1 Å². The van der Waals surface area contributed by atoms with Gasteiger partial charge in [-0.25, -0.2) is 0 Å². The van der Waals surface area contributed by atoms with E-state index in [9.17, 15) is 5.11 Å². The van der Waals surface area contributed by atoms with E-state index in [2.05, 4.69) is 20.4 Å². The lowest BCUT2D eigenvalue weighted by Crippen LogP contribution is -2.43. The van der Waals surface area contributed by atoms with Crippen LogP contribution in [0.4, 0.5) is 0 Å². The van der Waals surface area contributed by atoms with Crippen LogP contribution in [0.1, 0.15) is 30.1 Å². The van der Waals surface area contributed by atoms with Crippen molar-refractivity contribution in [1.82, 2.24) is 20.4 Å². The molecule has 0 radical (unpaired) electrons. The zero-order valence-corrected chi connectivity index (χ0v) is 10.5. The molecule has 1 aliphatic heterocycles. The first-order chi connectivity index (χ1) is 9.26. The lowest BCUT2D eigenvalue weighted by Gasteiger charge is -2.28. The Labute approximate surface area is 110 Å². The fourth-order valence-corrected chi connectivity index (χ4v) is 2.27. The van der Waals surface area contributed by atoms with Crippen molar-refractivity contribution in [3.05, 3.63) is 41.8 Å². The zero-order valence-electron chi connectivity index (χ0n) is 10.5. The van der Waals surface area contributed by atoms with Gasteiger partial charge in [0, 0.05) is 25.4 Å². The van der Waals surface area contributed by atoms with Crippen LogP contribution in [0.25, 0.3) is 0 Å². The molecule has 100 valence electrons. The van der Waals surface area contributed by atoms with Crippen LogP contribution in [-0.4, -0.2) is 33.3 Å². The van der Waals surface area contributed by atoms with Crippen molar-refractivity contribution < 1.29 is 9.63 Å². The third-order valence-electron chi connectivity index (χ3n) is 3.34. The molecule has 0 aromatic carbocycles. The molecule has 0 aliphatic carbocycles. The van der Waals surface area contributed by atoms with Crippen LogP contribution >= 0.6 is 0 Å². The smallest absolute Gasteiger partial charge is 0.259 e. The number of piperidine rings is 1. The summed E-state index contributed by atoms with van der Waals surface area (Å²) in [5.41, 5.74) is 0.0398. The average molecular weight is 260 g/mol. The Kier molecular flexibility index (Phi) is 3.27. The van der Waals surface area contributed by atoms with Crippen LogP contribution in [0, 0.1) is 0 Å². The van der Waals surface area contributed by atoms with Gasteiger partial charge in [0.25, 0.3) is 5.89 Å². The molecular weight excluding hydrogens is 244 g/mol. The van der Waals surface area contributed by atoms with E-state index in [1.165, 1.54) is 0 Å². The lowest BCUT2D eigenvalue weighted by molar-refractivity contribution is -0.0167. The highest BCUT2D eigenvalue weighted by Crippen LogP contribution is 2.26. The molecule has 1 unspecified atom stereocenters. The summed E-state index contributed by atoms with van der Waals surface area (Å²) in [5, 5.41) is 17.5. The Balaban J connectivity index is 1.76. The van der Waals surface area contributed by atoms with Gasteiger partial charge >= 0.3 is 0 Å². The maximum Gasteiger partial charge on any atom is 0.259 e. The van der Waals surface area contributed by atoms with Crippen molar-refractivity contribution in [2.45, 2.75) is 24.9 Å². The first-order valence-corrected chi connectivity index (χ1v) is 6.41. The van der Waals surface area contributed by atoms with Crippen molar-refractivity contribution in [2.24, 2.45) is 0 Å². The monoisotopic (exact) mass is 260 g/mol. The average Bonchev–Trinajstić information content (AvgIpc) is 2.90. The second-order valence-corrected chi connectivity index (χ2v) is 4.86. The lowest BCUT2D eigenvalue weighted by atomic mass is 9.94. The molecule has 2 N–H and O–H groups in total. The molecule has 2 aromatic rings. The number of aromatic nitrogens is 3. The maximum absolute atomic E-state index is 10.5. The largest absolute Gasteiger partial charge is 0.379 e. The molecule has 1 aliphatic rings. The zero-order chi connectivity index (χ0) is 13.1. The molecular formula is C13H16N4O2. The van der Waals surface area contributed by atoms with Gasteiger partial charge in [-0.2, -0.15) is 4.98 Å². The second-order valence-electron chi connectivity index (χ2n) is 4.86. The van der Waals surface area contributed by atoms with Crippen LogP contribution in [0.15, 0.2) is 29.0 Å².